The summed E-state index contributed by atoms with van der Waals surface area (Å²) in [6, 6.07) is 6.70. The molecule has 98 valence electrons. The van der Waals surface area contributed by atoms with Crippen molar-refractivity contribution in [1.29, 1.82) is 0 Å². The fourth-order valence-electron chi connectivity index (χ4n) is 2.46. The van der Waals surface area contributed by atoms with Crippen LogP contribution in [0.25, 0.3) is 0 Å². The summed E-state index contributed by atoms with van der Waals surface area (Å²) < 4.78 is 28.8. The standard InChI is InChI=1S/C13H14BrF2NO/c1-12(11(18)17(2)3)10(13(12,15)16)8-4-6-9(14)7-5-8/h4-7,10H,1-3H3. The maximum Gasteiger partial charge on any atom is 0.270 e. The van der Waals surface area contributed by atoms with E-state index in [-0.39, 0.29) is 0 Å². The third-order valence-corrected chi connectivity index (χ3v) is 4.13. The molecule has 0 bridgehead atoms. The molecule has 0 aromatic heterocycles. The second-order valence-corrected chi connectivity index (χ2v) is 5.93. The number of halogens is 3. The Morgan fingerprint density at radius 3 is 2.22 bits per heavy atom. The largest absolute Gasteiger partial charge is 0.348 e. The van der Waals surface area contributed by atoms with Crippen molar-refractivity contribution in [2.75, 3.05) is 14.1 Å². The summed E-state index contributed by atoms with van der Waals surface area (Å²) >= 11 is 3.26. The van der Waals surface area contributed by atoms with Crippen LogP contribution in [0.2, 0.25) is 0 Å². The van der Waals surface area contributed by atoms with Crippen molar-refractivity contribution >= 4 is 21.8 Å². The number of carbonyl (C=O) groups is 1. The minimum Gasteiger partial charge on any atom is -0.348 e. The minimum atomic E-state index is -2.98. The Morgan fingerprint density at radius 2 is 1.78 bits per heavy atom. The highest BCUT2D eigenvalue weighted by Crippen LogP contribution is 2.71. The van der Waals surface area contributed by atoms with Gasteiger partial charge in [0, 0.05) is 18.6 Å². The average Bonchev–Trinajstić information content (AvgIpc) is 2.75. The van der Waals surface area contributed by atoms with Crippen LogP contribution in [0.15, 0.2) is 28.7 Å². The van der Waals surface area contributed by atoms with Crippen LogP contribution in [0, 0.1) is 5.41 Å². The molecule has 0 heterocycles. The topological polar surface area (TPSA) is 20.3 Å². The van der Waals surface area contributed by atoms with Gasteiger partial charge in [-0.15, -0.1) is 0 Å². The van der Waals surface area contributed by atoms with Gasteiger partial charge in [0.2, 0.25) is 5.91 Å². The molecule has 2 atom stereocenters. The second-order valence-electron chi connectivity index (χ2n) is 5.01. The molecule has 0 radical (unpaired) electrons. The predicted octanol–water partition coefficient (Wildman–Crippen LogP) is 3.28. The lowest BCUT2D eigenvalue weighted by atomic mass is 10.00. The molecule has 1 aliphatic carbocycles. The van der Waals surface area contributed by atoms with Gasteiger partial charge in [0.25, 0.3) is 5.92 Å². The Labute approximate surface area is 113 Å². The molecule has 2 rings (SSSR count). The molecule has 1 aromatic rings. The summed E-state index contributed by atoms with van der Waals surface area (Å²) in [5.41, 5.74) is -1.12. The maximum absolute atomic E-state index is 14.0. The van der Waals surface area contributed by atoms with Gasteiger partial charge < -0.3 is 4.90 Å². The van der Waals surface area contributed by atoms with Gasteiger partial charge in [-0.3, -0.25) is 4.79 Å². The number of nitrogens with zero attached hydrogens (tertiary/aromatic N) is 1. The molecule has 0 aliphatic heterocycles. The molecule has 1 aliphatic rings. The lowest BCUT2D eigenvalue weighted by molar-refractivity contribution is -0.137. The smallest absolute Gasteiger partial charge is 0.270 e. The number of hydrogen-bond donors (Lipinski definition) is 0. The zero-order chi connectivity index (χ0) is 13.7. The van der Waals surface area contributed by atoms with Gasteiger partial charge in [0.15, 0.2) is 0 Å². The third kappa shape index (κ3) is 1.67. The van der Waals surface area contributed by atoms with Gasteiger partial charge in [-0.1, -0.05) is 28.1 Å². The molecule has 0 spiro atoms. The summed E-state index contributed by atoms with van der Waals surface area (Å²) in [5, 5.41) is 0. The van der Waals surface area contributed by atoms with E-state index in [0.717, 1.165) is 4.47 Å². The Balaban J connectivity index is 2.36. The first-order valence-corrected chi connectivity index (χ1v) is 6.37. The summed E-state index contributed by atoms with van der Waals surface area (Å²) in [7, 11) is 3.00. The summed E-state index contributed by atoms with van der Waals surface area (Å²) in [6.45, 7) is 1.34. The molecule has 0 saturated heterocycles. The number of rotatable bonds is 2. The van der Waals surface area contributed by atoms with E-state index in [1.807, 2.05) is 0 Å². The number of alkyl halides is 2. The van der Waals surface area contributed by atoms with Crippen molar-refractivity contribution in [3.8, 4) is 0 Å². The molecular weight excluding hydrogens is 304 g/mol. The van der Waals surface area contributed by atoms with E-state index in [1.165, 1.54) is 25.9 Å². The van der Waals surface area contributed by atoms with Crippen molar-refractivity contribution in [2.45, 2.75) is 18.8 Å². The van der Waals surface area contributed by atoms with Gasteiger partial charge in [-0.25, -0.2) is 8.78 Å². The third-order valence-electron chi connectivity index (χ3n) is 3.60. The summed E-state index contributed by atoms with van der Waals surface area (Å²) in [6.07, 6.45) is 0. The highest BCUT2D eigenvalue weighted by Gasteiger charge is 2.82. The minimum absolute atomic E-state index is 0.501. The quantitative estimate of drug-likeness (QED) is 0.819. The van der Waals surface area contributed by atoms with E-state index in [0.29, 0.717) is 5.56 Å². The Bertz CT molecular complexity index is 486. The van der Waals surface area contributed by atoms with E-state index >= 15 is 0 Å². The Morgan fingerprint density at radius 1 is 1.28 bits per heavy atom. The first-order valence-electron chi connectivity index (χ1n) is 5.58. The zero-order valence-electron chi connectivity index (χ0n) is 10.4. The lowest BCUT2D eigenvalue weighted by Crippen LogP contribution is -2.33. The van der Waals surface area contributed by atoms with Gasteiger partial charge >= 0.3 is 0 Å². The van der Waals surface area contributed by atoms with Crippen molar-refractivity contribution in [3.05, 3.63) is 34.3 Å². The molecule has 2 unspecified atom stereocenters. The van der Waals surface area contributed by atoms with Gasteiger partial charge in [0.1, 0.15) is 5.41 Å². The monoisotopic (exact) mass is 317 g/mol. The number of benzene rings is 1. The molecule has 1 saturated carbocycles. The predicted molar refractivity (Wildman–Crippen MR) is 68.6 cm³/mol. The summed E-state index contributed by atoms with van der Waals surface area (Å²) in [4.78, 5) is 13.2. The Hall–Kier alpha value is -0.970. The van der Waals surface area contributed by atoms with E-state index in [4.69, 9.17) is 0 Å². The first-order chi connectivity index (χ1) is 8.23. The molecule has 2 nitrogen and oxygen atoms in total. The van der Waals surface area contributed by atoms with Gasteiger partial charge in [-0.2, -0.15) is 0 Å². The van der Waals surface area contributed by atoms with Crippen molar-refractivity contribution < 1.29 is 13.6 Å². The first kappa shape index (κ1) is 13.5. The van der Waals surface area contributed by atoms with E-state index < -0.39 is 23.2 Å². The Kier molecular flexibility index (Phi) is 3.00. The molecule has 1 aromatic carbocycles. The average molecular weight is 318 g/mol. The lowest BCUT2D eigenvalue weighted by Gasteiger charge is -2.16. The van der Waals surface area contributed by atoms with E-state index in [2.05, 4.69) is 15.9 Å². The highest BCUT2D eigenvalue weighted by atomic mass is 79.9. The van der Waals surface area contributed by atoms with Crippen molar-refractivity contribution in [2.24, 2.45) is 5.41 Å². The SMILES string of the molecule is CN(C)C(=O)C1(C)C(c2ccc(Br)cc2)C1(F)F. The van der Waals surface area contributed by atoms with Crippen LogP contribution in [-0.2, 0) is 4.79 Å². The van der Waals surface area contributed by atoms with Crippen LogP contribution in [-0.4, -0.2) is 30.8 Å². The molecule has 18 heavy (non-hydrogen) atoms. The van der Waals surface area contributed by atoms with Gasteiger partial charge in [-0.05, 0) is 24.6 Å². The van der Waals surface area contributed by atoms with Gasteiger partial charge in [0.05, 0.1) is 5.92 Å². The van der Waals surface area contributed by atoms with Crippen LogP contribution in [0.4, 0.5) is 8.78 Å². The highest BCUT2D eigenvalue weighted by molar-refractivity contribution is 9.10. The summed E-state index contributed by atoms with van der Waals surface area (Å²) in [5.74, 6) is -4.55. The van der Waals surface area contributed by atoms with Crippen molar-refractivity contribution in [1.82, 2.24) is 4.90 Å². The molecule has 0 N–H and O–H groups in total. The van der Waals surface area contributed by atoms with Crippen LogP contribution in [0.3, 0.4) is 0 Å². The number of hydrogen-bond acceptors (Lipinski definition) is 1. The molecule has 1 fully saturated rings. The zero-order valence-corrected chi connectivity index (χ0v) is 12.0. The fourth-order valence-corrected chi connectivity index (χ4v) is 2.72. The van der Waals surface area contributed by atoms with Crippen LogP contribution in [0.1, 0.15) is 18.4 Å². The van der Waals surface area contributed by atoms with E-state index in [1.54, 1.807) is 24.3 Å². The second kappa shape index (κ2) is 4.02. The number of amides is 1. The fraction of sp³-hybridized carbons (Fsp3) is 0.462. The molecular formula is C13H14BrF2NO. The van der Waals surface area contributed by atoms with E-state index in [9.17, 15) is 13.6 Å². The normalized spacial score (nSPS) is 28.9. The van der Waals surface area contributed by atoms with Crippen molar-refractivity contribution in [3.63, 3.8) is 0 Å². The van der Waals surface area contributed by atoms with Crippen LogP contribution in [0.5, 0.6) is 0 Å². The van der Waals surface area contributed by atoms with Crippen LogP contribution >= 0.6 is 15.9 Å². The van der Waals surface area contributed by atoms with Crippen LogP contribution < -0.4 is 0 Å². The molecule has 5 heteroatoms. The number of carbonyl (C=O) groups excluding carboxylic acids is 1. The maximum atomic E-state index is 14.0. The molecule has 1 amide bonds.